The van der Waals surface area contributed by atoms with E-state index in [1.54, 1.807) is 0 Å². The number of aromatic hydroxyl groups is 2. The first kappa shape index (κ1) is 10.2. The first-order chi connectivity index (χ1) is 6.07. The summed E-state index contributed by atoms with van der Waals surface area (Å²) in [5.74, 6) is 2.49. The molecule has 1 aromatic carbocycles. The van der Waals surface area contributed by atoms with Crippen LogP contribution in [0.15, 0.2) is 10.5 Å². The lowest BCUT2D eigenvalue weighted by atomic mass is 10.2. The molecule has 0 fully saturated rings. The Kier molecular flexibility index (Phi) is 3.07. The maximum absolute atomic E-state index is 12.7. The molecular weight excluding hydrogens is 245 g/mol. The van der Waals surface area contributed by atoms with Crippen molar-refractivity contribution >= 4 is 15.9 Å². The summed E-state index contributed by atoms with van der Waals surface area (Å²) in [7, 11) is 0. The van der Waals surface area contributed by atoms with Crippen molar-refractivity contribution in [3.05, 3.63) is 21.9 Å². The highest BCUT2D eigenvalue weighted by Crippen LogP contribution is 2.36. The molecule has 0 aliphatic rings. The molecule has 13 heavy (non-hydrogen) atoms. The largest absolute Gasteiger partial charge is 0.504 e. The third kappa shape index (κ3) is 1.90. The zero-order valence-corrected chi connectivity index (χ0v) is 8.01. The van der Waals surface area contributed by atoms with E-state index >= 15 is 0 Å². The van der Waals surface area contributed by atoms with Crippen LogP contribution in [-0.4, -0.2) is 10.2 Å². The van der Waals surface area contributed by atoms with E-state index in [9.17, 15) is 9.50 Å². The minimum atomic E-state index is -0.912. The van der Waals surface area contributed by atoms with E-state index in [1.165, 1.54) is 0 Å². The van der Waals surface area contributed by atoms with Crippen LogP contribution in [0.5, 0.6) is 11.5 Å². The summed E-state index contributed by atoms with van der Waals surface area (Å²) in [5.41, 5.74) is 0.196. The van der Waals surface area contributed by atoms with Gasteiger partial charge in [0, 0.05) is 10.0 Å². The lowest BCUT2D eigenvalue weighted by Gasteiger charge is -2.07. The standard InChI is InChI=1S/C7H7BrFNO3/c8-4-1-5(9)7(12)6(11)3(4)2-13-10/h1,11-12H,2,10H2. The molecule has 0 spiro atoms. The van der Waals surface area contributed by atoms with Gasteiger partial charge in [0.05, 0.1) is 6.61 Å². The van der Waals surface area contributed by atoms with Crippen molar-refractivity contribution in [3.63, 3.8) is 0 Å². The van der Waals surface area contributed by atoms with Crippen LogP contribution in [0.25, 0.3) is 0 Å². The molecule has 0 aromatic heterocycles. The average molecular weight is 252 g/mol. The molecule has 1 aromatic rings. The van der Waals surface area contributed by atoms with Gasteiger partial charge in [0.2, 0.25) is 0 Å². The first-order valence-electron chi connectivity index (χ1n) is 3.28. The maximum atomic E-state index is 12.7. The van der Waals surface area contributed by atoms with Crippen LogP contribution in [0.3, 0.4) is 0 Å². The van der Waals surface area contributed by atoms with Crippen molar-refractivity contribution in [2.75, 3.05) is 0 Å². The Morgan fingerprint density at radius 1 is 1.46 bits per heavy atom. The average Bonchev–Trinajstić information content (AvgIpc) is 2.09. The number of phenolic OH excluding ortho intramolecular Hbond substituents is 2. The van der Waals surface area contributed by atoms with Gasteiger partial charge in [-0.25, -0.2) is 10.3 Å². The van der Waals surface area contributed by atoms with Gasteiger partial charge in [0.25, 0.3) is 0 Å². The Morgan fingerprint density at radius 2 is 2.08 bits per heavy atom. The number of benzene rings is 1. The summed E-state index contributed by atoms with van der Waals surface area (Å²) in [5, 5.41) is 18.2. The van der Waals surface area contributed by atoms with Crippen LogP contribution >= 0.6 is 15.9 Å². The van der Waals surface area contributed by atoms with Crippen LogP contribution in [0.4, 0.5) is 4.39 Å². The minimum absolute atomic E-state index is 0.125. The van der Waals surface area contributed by atoms with Gasteiger partial charge < -0.3 is 10.2 Å². The van der Waals surface area contributed by atoms with Crippen molar-refractivity contribution in [1.29, 1.82) is 0 Å². The van der Waals surface area contributed by atoms with E-state index in [2.05, 4.69) is 20.8 Å². The first-order valence-corrected chi connectivity index (χ1v) is 4.07. The number of phenols is 2. The summed E-state index contributed by atoms with van der Waals surface area (Å²) in [6.45, 7) is -0.125. The normalized spacial score (nSPS) is 10.4. The fourth-order valence-corrected chi connectivity index (χ4v) is 1.36. The Morgan fingerprint density at radius 3 is 2.62 bits per heavy atom. The van der Waals surface area contributed by atoms with Gasteiger partial charge in [-0.3, -0.25) is 4.84 Å². The monoisotopic (exact) mass is 251 g/mol. The highest BCUT2D eigenvalue weighted by Gasteiger charge is 2.15. The fourth-order valence-electron chi connectivity index (χ4n) is 0.857. The van der Waals surface area contributed by atoms with Gasteiger partial charge in [0.15, 0.2) is 17.3 Å². The van der Waals surface area contributed by atoms with E-state index in [0.717, 1.165) is 6.07 Å². The number of hydrogen-bond donors (Lipinski definition) is 3. The molecule has 0 saturated heterocycles. The molecule has 0 aliphatic carbocycles. The fraction of sp³-hybridized carbons (Fsp3) is 0.143. The lowest BCUT2D eigenvalue weighted by molar-refractivity contribution is 0.121. The van der Waals surface area contributed by atoms with Crippen LogP contribution in [-0.2, 0) is 11.4 Å². The highest BCUT2D eigenvalue weighted by molar-refractivity contribution is 9.10. The van der Waals surface area contributed by atoms with Gasteiger partial charge in [-0.2, -0.15) is 0 Å². The van der Waals surface area contributed by atoms with Crippen molar-refractivity contribution < 1.29 is 19.4 Å². The third-order valence-corrected chi connectivity index (χ3v) is 2.21. The lowest BCUT2D eigenvalue weighted by Crippen LogP contribution is -2.00. The number of nitrogens with two attached hydrogens (primary N) is 1. The molecule has 4 nitrogen and oxygen atoms in total. The number of rotatable bonds is 2. The van der Waals surface area contributed by atoms with Crippen LogP contribution in [0.1, 0.15) is 5.56 Å². The van der Waals surface area contributed by atoms with Gasteiger partial charge in [-0.05, 0) is 6.07 Å². The second kappa shape index (κ2) is 3.91. The second-order valence-electron chi connectivity index (χ2n) is 2.33. The van der Waals surface area contributed by atoms with E-state index in [0.29, 0.717) is 0 Å². The van der Waals surface area contributed by atoms with E-state index < -0.39 is 17.3 Å². The Balaban J connectivity index is 3.26. The summed E-state index contributed by atoms with van der Waals surface area (Å²) in [4.78, 5) is 4.26. The molecule has 0 bridgehead atoms. The van der Waals surface area contributed by atoms with Crippen LogP contribution < -0.4 is 5.90 Å². The maximum Gasteiger partial charge on any atom is 0.194 e. The quantitative estimate of drug-likeness (QED) is 0.549. The van der Waals surface area contributed by atoms with Gasteiger partial charge in [-0.1, -0.05) is 15.9 Å². The molecular formula is C7H7BrFNO3. The predicted molar refractivity (Wildman–Crippen MR) is 46.4 cm³/mol. The Labute approximate surface area is 81.8 Å². The molecule has 1 rings (SSSR count). The smallest absolute Gasteiger partial charge is 0.194 e. The van der Waals surface area contributed by atoms with Gasteiger partial charge >= 0.3 is 0 Å². The van der Waals surface area contributed by atoms with E-state index in [4.69, 9.17) is 11.0 Å². The van der Waals surface area contributed by atoms with Crippen molar-refractivity contribution in [2.45, 2.75) is 6.61 Å². The zero-order chi connectivity index (χ0) is 10.0. The zero-order valence-electron chi connectivity index (χ0n) is 6.42. The molecule has 0 unspecified atom stereocenters. The van der Waals surface area contributed by atoms with Gasteiger partial charge in [-0.15, -0.1) is 0 Å². The summed E-state index contributed by atoms with van der Waals surface area (Å²) in [6.07, 6.45) is 0. The van der Waals surface area contributed by atoms with Crippen molar-refractivity contribution in [2.24, 2.45) is 5.90 Å². The molecule has 6 heteroatoms. The van der Waals surface area contributed by atoms with E-state index in [-0.39, 0.29) is 16.6 Å². The Hall–Kier alpha value is -0.850. The summed E-state index contributed by atoms with van der Waals surface area (Å²) >= 11 is 2.99. The molecule has 72 valence electrons. The molecule has 0 atom stereocenters. The predicted octanol–water partition coefficient (Wildman–Crippen LogP) is 1.39. The van der Waals surface area contributed by atoms with Crippen molar-refractivity contribution in [1.82, 2.24) is 0 Å². The Bertz CT molecular complexity index is 332. The van der Waals surface area contributed by atoms with Crippen LogP contribution in [0, 0.1) is 5.82 Å². The molecule has 0 radical (unpaired) electrons. The highest BCUT2D eigenvalue weighted by atomic mass is 79.9. The SMILES string of the molecule is NOCc1c(Br)cc(F)c(O)c1O. The third-order valence-electron chi connectivity index (χ3n) is 1.51. The topological polar surface area (TPSA) is 75.7 Å². The molecule has 0 saturated carbocycles. The molecule has 4 N–H and O–H groups in total. The minimum Gasteiger partial charge on any atom is -0.504 e. The molecule has 0 heterocycles. The summed E-state index contributed by atoms with van der Waals surface area (Å²) < 4.78 is 13.0. The molecule has 0 amide bonds. The number of hydrogen-bond acceptors (Lipinski definition) is 4. The van der Waals surface area contributed by atoms with Crippen LogP contribution in [0.2, 0.25) is 0 Å². The van der Waals surface area contributed by atoms with Gasteiger partial charge in [0.1, 0.15) is 0 Å². The molecule has 0 aliphatic heterocycles. The van der Waals surface area contributed by atoms with Crippen molar-refractivity contribution in [3.8, 4) is 11.5 Å². The van der Waals surface area contributed by atoms with E-state index in [1.807, 2.05) is 0 Å². The second-order valence-corrected chi connectivity index (χ2v) is 3.18. The number of halogens is 2. The summed E-state index contributed by atoms with van der Waals surface area (Å²) in [6, 6.07) is 1.02.